The molecule has 0 heterocycles. The van der Waals surface area contributed by atoms with Crippen LogP contribution in [-0.2, 0) is 0 Å². The van der Waals surface area contributed by atoms with E-state index in [1.54, 1.807) is 25.3 Å². The number of alkyl halides is 1. The first-order valence-electron chi connectivity index (χ1n) is 6.08. The monoisotopic (exact) mass is 267 g/mol. The molecule has 0 N–H and O–H groups in total. The molecule has 0 atom stereocenters. The molecule has 4 heteroatoms. The van der Waals surface area contributed by atoms with E-state index in [0.717, 1.165) is 31.6 Å². The Kier molecular flexibility index (Phi) is 7.05. The molecule has 0 spiro atoms. The van der Waals surface area contributed by atoms with E-state index in [4.69, 9.17) is 26.3 Å². The van der Waals surface area contributed by atoms with Gasteiger partial charge in [0.15, 0.2) is 11.5 Å². The Bertz CT molecular complexity index is 401. The smallest absolute Gasteiger partial charge is 0.162 e. The van der Waals surface area contributed by atoms with E-state index in [1.165, 1.54) is 0 Å². The molecule has 1 aromatic carbocycles. The second-order valence-electron chi connectivity index (χ2n) is 3.93. The number of hydrogen-bond acceptors (Lipinski definition) is 3. The lowest BCUT2D eigenvalue weighted by Crippen LogP contribution is -1.99. The SMILES string of the molecule is COc1cc(C#N)ccc1OCCCCCCCl. The number of methoxy groups -OCH3 is 1. The van der Waals surface area contributed by atoms with Crippen LogP contribution >= 0.6 is 11.6 Å². The molecule has 0 amide bonds. The molecule has 0 fully saturated rings. The Balaban J connectivity index is 2.40. The molecule has 1 aromatic rings. The van der Waals surface area contributed by atoms with Crippen LogP contribution in [0.5, 0.6) is 11.5 Å². The Morgan fingerprint density at radius 3 is 2.61 bits per heavy atom. The van der Waals surface area contributed by atoms with Crippen molar-refractivity contribution in [2.24, 2.45) is 0 Å². The van der Waals surface area contributed by atoms with E-state index in [9.17, 15) is 0 Å². The van der Waals surface area contributed by atoms with Crippen molar-refractivity contribution in [3.8, 4) is 17.6 Å². The molecular weight excluding hydrogens is 250 g/mol. The first-order chi connectivity index (χ1) is 8.81. The predicted molar refractivity (Wildman–Crippen MR) is 72.4 cm³/mol. The fourth-order valence-electron chi connectivity index (χ4n) is 1.59. The summed E-state index contributed by atoms with van der Waals surface area (Å²) in [5, 5.41) is 8.79. The molecule has 0 aliphatic heterocycles. The van der Waals surface area contributed by atoms with Gasteiger partial charge in [0.25, 0.3) is 0 Å². The third-order valence-electron chi connectivity index (χ3n) is 2.58. The fraction of sp³-hybridized carbons (Fsp3) is 0.500. The van der Waals surface area contributed by atoms with Crippen molar-refractivity contribution in [3.63, 3.8) is 0 Å². The fourth-order valence-corrected chi connectivity index (χ4v) is 1.78. The highest BCUT2D eigenvalue weighted by Crippen LogP contribution is 2.27. The normalized spacial score (nSPS) is 9.83. The first-order valence-corrected chi connectivity index (χ1v) is 6.62. The van der Waals surface area contributed by atoms with Gasteiger partial charge in [-0.2, -0.15) is 5.26 Å². The summed E-state index contributed by atoms with van der Waals surface area (Å²) in [4.78, 5) is 0. The number of ether oxygens (including phenoxy) is 2. The van der Waals surface area contributed by atoms with E-state index in [0.29, 0.717) is 23.7 Å². The summed E-state index contributed by atoms with van der Waals surface area (Å²) in [6, 6.07) is 7.26. The zero-order valence-electron chi connectivity index (χ0n) is 10.6. The van der Waals surface area contributed by atoms with E-state index >= 15 is 0 Å². The summed E-state index contributed by atoms with van der Waals surface area (Å²) < 4.78 is 10.8. The highest BCUT2D eigenvalue weighted by atomic mass is 35.5. The van der Waals surface area contributed by atoms with Gasteiger partial charge in [0.1, 0.15) is 0 Å². The molecule has 98 valence electrons. The second kappa shape index (κ2) is 8.66. The maximum Gasteiger partial charge on any atom is 0.162 e. The summed E-state index contributed by atoms with van der Waals surface area (Å²) in [6.45, 7) is 0.657. The van der Waals surface area contributed by atoms with Gasteiger partial charge in [-0.25, -0.2) is 0 Å². The van der Waals surface area contributed by atoms with Crippen LogP contribution in [-0.4, -0.2) is 19.6 Å². The van der Waals surface area contributed by atoms with Gasteiger partial charge >= 0.3 is 0 Å². The zero-order chi connectivity index (χ0) is 13.2. The van der Waals surface area contributed by atoms with Crippen molar-refractivity contribution in [2.75, 3.05) is 19.6 Å². The standard InChI is InChI=1S/C14H18ClNO2/c1-17-14-10-12(11-16)6-7-13(14)18-9-5-3-2-4-8-15/h6-7,10H,2-5,8-9H2,1H3. The topological polar surface area (TPSA) is 42.2 Å². The predicted octanol–water partition coefficient (Wildman–Crippen LogP) is 3.74. The third kappa shape index (κ3) is 4.85. The van der Waals surface area contributed by atoms with Crippen LogP contribution in [0, 0.1) is 11.3 Å². The minimum atomic E-state index is 0.571. The highest BCUT2D eigenvalue weighted by Gasteiger charge is 2.05. The number of nitriles is 1. The molecule has 0 radical (unpaired) electrons. The second-order valence-corrected chi connectivity index (χ2v) is 4.31. The van der Waals surface area contributed by atoms with Gasteiger partial charge in [0.05, 0.1) is 25.3 Å². The highest BCUT2D eigenvalue weighted by molar-refractivity contribution is 6.17. The summed E-state index contributed by atoms with van der Waals surface area (Å²) >= 11 is 5.60. The van der Waals surface area contributed by atoms with Crippen LogP contribution in [0.3, 0.4) is 0 Å². The number of unbranched alkanes of at least 4 members (excludes halogenated alkanes) is 3. The number of benzene rings is 1. The lowest BCUT2D eigenvalue weighted by molar-refractivity contribution is 0.285. The van der Waals surface area contributed by atoms with Crippen molar-refractivity contribution < 1.29 is 9.47 Å². The van der Waals surface area contributed by atoms with Gasteiger partial charge in [0, 0.05) is 11.9 Å². The largest absolute Gasteiger partial charge is 0.493 e. The number of hydrogen-bond donors (Lipinski definition) is 0. The molecule has 18 heavy (non-hydrogen) atoms. The van der Waals surface area contributed by atoms with Crippen molar-refractivity contribution >= 4 is 11.6 Å². The lowest BCUT2D eigenvalue weighted by Gasteiger charge is -2.10. The Morgan fingerprint density at radius 1 is 1.17 bits per heavy atom. The van der Waals surface area contributed by atoms with Crippen molar-refractivity contribution in [3.05, 3.63) is 23.8 Å². The summed E-state index contributed by atoms with van der Waals surface area (Å²) in [7, 11) is 1.57. The maximum absolute atomic E-state index is 8.79. The average molecular weight is 268 g/mol. The molecule has 0 bridgehead atoms. The zero-order valence-corrected chi connectivity index (χ0v) is 11.4. The van der Waals surface area contributed by atoms with Gasteiger partial charge in [-0.1, -0.05) is 12.8 Å². The third-order valence-corrected chi connectivity index (χ3v) is 2.85. The molecule has 0 aliphatic rings. The van der Waals surface area contributed by atoms with E-state index in [1.807, 2.05) is 0 Å². The van der Waals surface area contributed by atoms with E-state index in [2.05, 4.69) is 6.07 Å². The average Bonchev–Trinajstić information content (AvgIpc) is 2.42. The summed E-state index contributed by atoms with van der Waals surface area (Å²) in [5.41, 5.74) is 0.571. The molecule has 0 aliphatic carbocycles. The van der Waals surface area contributed by atoms with Crippen LogP contribution in [0.1, 0.15) is 31.2 Å². The lowest BCUT2D eigenvalue weighted by atomic mass is 10.2. The summed E-state index contributed by atoms with van der Waals surface area (Å²) in [6.07, 6.45) is 4.31. The van der Waals surface area contributed by atoms with Gasteiger partial charge in [-0.15, -0.1) is 11.6 Å². The molecule has 0 saturated carbocycles. The van der Waals surface area contributed by atoms with Gasteiger partial charge in [-0.3, -0.25) is 0 Å². The van der Waals surface area contributed by atoms with Gasteiger partial charge in [0.2, 0.25) is 0 Å². The Hall–Kier alpha value is -1.40. The van der Waals surface area contributed by atoms with Crippen LogP contribution in [0.25, 0.3) is 0 Å². The molecular formula is C14H18ClNO2. The minimum absolute atomic E-state index is 0.571. The van der Waals surface area contributed by atoms with Crippen molar-refractivity contribution in [2.45, 2.75) is 25.7 Å². The van der Waals surface area contributed by atoms with Crippen molar-refractivity contribution in [1.29, 1.82) is 5.26 Å². The molecule has 0 unspecified atom stereocenters. The van der Waals surface area contributed by atoms with Crippen molar-refractivity contribution in [1.82, 2.24) is 0 Å². The van der Waals surface area contributed by atoms with Gasteiger partial charge in [-0.05, 0) is 25.0 Å². The van der Waals surface area contributed by atoms with E-state index in [-0.39, 0.29) is 0 Å². The molecule has 1 rings (SSSR count). The quantitative estimate of drug-likeness (QED) is 0.532. The molecule has 0 aromatic heterocycles. The number of nitrogens with zero attached hydrogens (tertiary/aromatic N) is 1. The Labute approximate surface area is 113 Å². The first kappa shape index (κ1) is 14.7. The number of rotatable bonds is 8. The van der Waals surface area contributed by atoms with E-state index < -0.39 is 0 Å². The minimum Gasteiger partial charge on any atom is -0.493 e. The van der Waals surface area contributed by atoms with Gasteiger partial charge < -0.3 is 9.47 Å². The maximum atomic E-state index is 8.79. The van der Waals surface area contributed by atoms with Crippen LogP contribution in [0.15, 0.2) is 18.2 Å². The molecule has 3 nitrogen and oxygen atoms in total. The molecule has 0 saturated heterocycles. The van der Waals surface area contributed by atoms with Crippen LogP contribution < -0.4 is 9.47 Å². The Morgan fingerprint density at radius 2 is 1.94 bits per heavy atom. The van der Waals surface area contributed by atoms with Crippen LogP contribution in [0.2, 0.25) is 0 Å². The van der Waals surface area contributed by atoms with Crippen LogP contribution in [0.4, 0.5) is 0 Å². The number of halogens is 1. The summed E-state index contributed by atoms with van der Waals surface area (Å²) in [5.74, 6) is 2.02.